The number of nitrogens with one attached hydrogen (secondary N) is 1. The Morgan fingerprint density at radius 3 is 2.41 bits per heavy atom. The number of rotatable bonds is 9. The Kier molecular flexibility index (Phi) is 8.19. The summed E-state index contributed by atoms with van der Waals surface area (Å²) in [4.78, 5) is 26.9. The van der Waals surface area contributed by atoms with Crippen molar-refractivity contribution in [3.8, 4) is 0 Å². The monoisotopic (exact) mass is 489 g/mol. The van der Waals surface area contributed by atoms with Crippen LogP contribution in [-0.4, -0.2) is 36.0 Å². The SMILES string of the molecule is NS(=O)(=O)c1ccc(NC(=O)CCCCCN2C(=O)/C(=C/c3ccccc3)SC2=S)cc1. The highest BCUT2D eigenvalue weighted by Gasteiger charge is 2.31. The predicted molar refractivity (Wildman–Crippen MR) is 131 cm³/mol. The number of sulfonamides is 1. The third kappa shape index (κ3) is 6.73. The number of benzene rings is 2. The number of nitrogens with two attached hydrogens (primary N) is 1. The van der Waals surface area contributed by atoms with Gasteiger partial charge in [-0.15, -0.1) is 0 Å². The van der Waals surface area contributed by atoms with Gasteiger partial charge in [-0.2, -0.15) is 0 Å². The topological polar surface area (TPSA) is 110 Å². The lowest BCUT2D eigenvalue weighted by Crippen LogP contribution is -2.29. The van der Waals surface area contributed by atoms with Crippen LogP contribution in [0.25, 0.3) is 6.08 Å². The maximum absolute atomic E-state index is 12.6. The molecule has 0 unspecified atom stereocenters. The van der Waals surface area contributed by atoms with Gasteiger partial charge in [0.1, 0.15) is 4.32 Å². The van der Waals surface area contributed by atoms with E-state index in [4.69, 9.17) is 17.4 Å². The molecule has 0 bridgehead atoms. The van der Waals surface area contributed by atoms with E-state index in [1.165, 1.54) is 36.0 Å². The summed E-state index contributed by atoms with van der Waals surface area (Å²) in [5, 5.41) is 7.78. The second-order valence-corrected chi connectivity index (χ2v) is 10.4. The summed E-state index contributed by atoms with van der Waals surface area (Å²) in [7, 11) is -3.76. The summed E-state index contributed by atoms with van der Waals surface area (Å²) in [5.41, 5.74) is 1.46. The van der Waals surface area contributed by atoms with Gasteiger partial charge in [0.05, 0.1) is 9.80 Å². The number of carbonyl (C=O) groups is 2. The standard InChI is InChI=1S/C22H23N3O4S3/c23-32(28,29)18-12-10-17(11-13-18)24-20(26)9-5-2-6-14-25-21(27)19(31-22(25)30)15-16-7-3-1-4-8-16/h1,3-4,7-8,10-13,15H,2,5-6,9,14H2,(H,24,26)(H2,23,28,29)/b19-15-. The molecule has 0 radical (unpaired) electrons. The number of thiocarbonyl (C=S) groups is 1. The highest BCUT2D eigenvalue weighted by atomic mass is 32.2. The van der Waals surface area contributed by atoms with Crippen LogP contribution in [-0.2, 0) is 19.6 Å². The number of thioether (sulfide) groups is 1. The number of primary sulfonamides is 1. The van der Waals surface area contributed by atoms with E-state index >= 15 is 0 Å². The molecule has 0 aromatic heterocycles. The Hall–Kier alpha value is -2.53. The zero-order chi connectivity index (χ0) is 23.1. The van der Waals surface area contributed by atoms with Gasteiger partial charge in [0.25, 0.3) is 5.91 Å². The molecule has 2 aromatic carbocycles. The molecule has 3 rings (SSSR count). The Labute approximate surface area is 197 Å². The fraction of sp³-hybridized carbons (Fsp3) is 0.227. The minimum absolute atomic E-state index is 0.00944. The lowest BCUT2D eigenvalue weighted by atomic mass is 10.1. The first kappa shape index (κ1) is 24.1. The first-order valence-corrected chi connectivity index (χ1v) is 12.7. The van der Waals surface area contributed by atoms with Gasteiger partial charge in [-0.25, -0.2) is 13.6 Å². The van der Waals surface area contributed by atoms with Gasteiger partial charge in [0.15, 0.2) is 0 Å². The van der Waals surface area contributed by atoms with Gasteiger partial charge in [-0.3, -0.25) is 14.5 Å². The van der Waals surface area contributed by atoms with Crippen LogP contribution in [0, 0.1) is 0 Å². The third-order valence-corrected chi connectivity index (χ3v) is 7.03. The highest BCUT2D eigenvalue weighted by molar-refractivity contribution is 8.26. The van der Waals surface area contributed by atoms with E-state index in [2.05, 4.69) is 5.32 Å². The number of carbonyl (C=O) groups excluding carboxylic acids is 2. The second kappa shape index (κ2) is 10.9. The van der Waals surface area contributed by atoms with Crippen LogP contribution in [0.1, 0.15) is 31.2 Å². The molecule has 0 atom stereocenters. The van der Waals surface area contributed by atoms with Crippen molar-refractivity contribution in [1.82, 2.24) is 4.90 Å². The van der Waals surface area contributed by atoms with Crippen molar-refractivity contribution in [3.63, 3.8) is 0 Å². The van der Waals surface area contributed by atoms with E-state index in [1.807, 2.05) is 36.4 Å². The zero-order valence-electron chi connectivity index (χ0n) is 17.2. The van der Waals surface area contributed by atoms with E-state index in [9.17, 15) is 18.0 Å². The molecule has 1 aliphatic rings. The molecule has 10 heteroatoms. The molecule has 1 heterocycles. The van der Waals surface area contributed by atoms with Gasteiger partial charge in [-0.05, 0) is 48.7 Å². The number of anilines is 1. The van der Waals surface area contributed by atoms with Crippen molar-refractivity contribution in [2.75, 3.05) is 11.9 Å². The molecular formula is C22H23N3O4S3. The quantitative estimate of drug-likeness (QED) is 0.316. The number of amides is 2. The maximum atomic E-state index is 12.6. The van der Waals surface area contributed by atoms with Gasteiger partial charge in [0, 0.05) is 18.7 Å². The van der Waals surface area contributed by atoms with Crippen molar-refractivity contribution in [2.45, 2.75) is 30.6 Å². The van der Waals surface area contributed by atoms with Crippen LogP contribution >= 0.6 is 24.0 Å². The van der Waals surface area contributed by atoms with Crippen LogP contribution in [0.15, 0.2) is 64.4 Å². The van der Waals surface area contributed by atoms with Crippen molar-refractivity contribution in [2.24, 2.45) is 5.14 Å². The lowest BCUT2D eigenvalue weighted by Gasteiger charge is -2.14. The molecule has 1 aliphatic heterocycles. The van der Waals surface area contributed by atoms with E-state index in [0.29, 0.717) is 34.3 Å². The molecule has 0 spiro atoms. The molecule has 1 fully saturated rings. The summed E-state index contributed by atoms with van der Waals surface area (Å²) >= 11 is 6.66. The Bertz CT molecular complexity index is 1130. The molecule has 32 heavy (non-hydrogen) atoms. The van der Waals surface area contributed by atoms with Crippen LogP contribution < -0.4 is 10.5 Å². The third-order valence-electron chi connectivity index (χ3n) is 4.72. The van der Waals surface area contributed by atoms with Crippen molar-refractivity contribution < 1.29 is 18.0 Å². The normalized spacial score (nSPS) is 15.4. The summed E-state index contributed by atoms with van der Waals surface area (Å²) < 4.78 is 23.1. The molecular weight excluding hydrogens is 466 g/mol. The molecule has 2 aromatic rings. The van der Waals surface area contributed by atoms with E-state index in [-0.39, 0.29) is 16.7 Å². The lowest BCUT2D eigenvalue weighted by molar-refractivity contribution is -0.122. The van der Waals surface area contributed by atoms with Crippen molar-refractivity contribution in [1.29, 1.82) is 0 Å². The van der Waals surface area contributed by atoms with Crippen LogP contribution in [0.4, 0.5) is 5.69 Å². The molecule has 0 aliphatic carbocycles. The number of hydrogen-bond acceptors (Lipinski definition) is 6. The van der Waals surface area contributed by atoms with E-state index in [0.717, 1.165) is 18.4 Å². The van der Waals surface area contributed by atoms with E-state index < -0.39 is 10.0 Å². The smallest absolute Gasteiger partial charge is 0.266 e. The Morgan fingerprint density at radius 1 is 1.06 bits per heavy atom. The van der Waals surface area contributed by atoms with Crippen LogP contribution in [0.2, 0.25) is 0 Å². The molecule has 168 valence electrons. The highest BCUT2D eigenvalue weighted by Crippen LogP contribution is 2.32. The van der Waals surface area contributed by atoms with Gasteiger partial charge >= 0.3 is 0 Å². The average Bonchev–Trinajstić information content (AvgIpc) is 3.01. The van der Waals surface area contributed by atoms with E-state index in [1.54, 1.807) is 4.90 Å². The molecule has 2 amide bonds. The summed E-state index contributed by atoms with van der Waals surface area (Å²) in [6, 6.07) is 15.3. The van der Waals surface area contributed by atoms with Crippen molar-refractivity contribution >= 4 is 61.9 Å². The summed E-state index contributed by atoms with van der Waals surface area (Å²) in [6.45, 7) is 0.521. The van der Waals surface area contributed by atoms with Crippen LogP contribution in [0.3, 0.4) is 0 Å². The summed E-state index contributed by atoms with van der Waals surface area (Å²) in [5.74, 6) is -0.241. The first-order chi connectivity index (χ1) is 15.2. The van der Waals surface area contributed by atoms with Gasteiger partial charge in [0.2, 0.25) is 15.9 Å². The fourth-order valence-electron chi connectivity index (χ4n) is 3.08. The minimum atomic E-state index is -3.76. The Balaban J connectivity index is 1.40. The number of unbranched alkanes of at least 4 members (excludes halogenated alkanes) is 2. The average molecular weight is 490 g/mol. The predicted octanol–water partition coefficient (Wildman–Crippen LogP) is 3.73. The Morgan fingerprint density at radius 2 is 1.75 bits per heavy atom. The minimum Gasteiger partial charge on any atom is -0.326 e. The molecule has 3 N–H and O–H groups in total. The molecule has 0 saturated carbocycles. The number of nitrogens with zero attached hydrogens (tertiary/aromatic N) is 1. The van der Waals surface area contributed by atoms with Gasteiger partial charge in [-0.1, -0.05) is 60.7 Å². The zero-order valence-corrected chi connectivity index (χ0v) is 19.6. The molecule has 7 nitrogen and oxygen atoms in total. The molecule has 1 saturated heterocycles. The maximum Gasteiger partial charge on any atom is 0.266 e. The number of hydrogen-bond donors (Lipinski definition) is 2. The van der Waals surface area contributed by atoms with Crippen LogP contribution in [0.5, 0.6) is 0 Å². The summed E-state index contributed by atoms with van der Waals surface area (Å²) in [6.07, 6.45) is 4.34. The largest absolute Gasteiger partial charge is 0.326 e. The second-order valence-electron chi connectivity index (χ2n) is 7.17. The van der Waals surface area contributed by atoms with Gasteiger partial charge < -0.3 is 5.32 Å². The van der Waals surface area contributed by atoms with Crippen molar-refractivity contribution in [3.05, 3.63) is 65.1 Å². The first-order valence-electron chi connectivity index (χ1n) is 9.97. The fourth-order valence-corrected chi connectivity index (χ4v) is 4.90.